The third-order valence-corrected chi connectivity index (χ3v) is 3.19. The molecule has 0 heterocycles. The Kier molecular flexibility index (Phi) is 11.9. The van der Waals surface area contributed by atoms with Crippen molar-refractivity contribution in [1.29, 1.82) is 0 Å². The lowest BCUT2D eigenvalue weighted by Crippen LogP contribution is -1.85. The van der Waals surface area contributed by atoms with Gasteiger partial charge in [0.25, 0.3) is 0 Å². The Bertz CT molecular complexity index is 92.1. The first-order valence-corrected chi connectivity index (χ1v) is 7.38. The van der Waals surface area contributed by atoms with E-state index in [0.717, 1.165) is 0 Å². The zero-order chi connectivity index (χ0) is 9.94. The van der Waals surface area contributed by atoms with Crippen LogP contribution >= 0.6 is 31.9 Å². The zero-order valence-electron chi connectivity index (χ0n) is 8.70. The summed E-state index contributed by atoms with van der Waals surface area (Å²) >= 11 is 6.99. The van der Waals surface area contributed by atoms with Gasteiger partial charge in [0.1, 0.15) is 0 Å². The molecule has 0 fully saturated rings. The van der Waals surface area contributed by atoms with E-state index in [-0.39, 0.29) is 0 Å². The van der Waals surface area contributed by atoms with Crippen LogP contribution in [0.15, 0.2) is 0 Å². The van der Waals surface area contributed by atoms with E-state index in [2.05, 4.69) is 38.8 Å². The smallest absolute Gasteiger partial charge is 0.0697 e. The maximum atomic E-state index is 3.49. The largest absolute Gasteiger partial charge is 0.0765 e. The first-order chi connectivity index (χ1) is 6.27. The van der Waals surface area contributed by atoms with Crippen LogP contribution in [0.3, 0.4) is 0 Å². The van der Waals surface area contributed by atoms with Gasteiger partial charge >= 0.3 is 0 Å². The summed E-state index contributed by atoms with van der Waals surface area (Å²) < 4.78 is 0.528. The molecule has 0 atom stereocenters. The fourth-order valence-electron chi connectivity index (χ4n) is 1.43. The van der Waals surface area contributed by atoms with Crippen LogP contribution in [0.4, 0.5) is 0 Å². The molecule has 0 rings (SSSR count). The number of unbranched alkanes of at least 4 members (excludes halogenated alkanes) is 7. The van der Waals surface area contributed by atoms with Gasteiger partial charge in [0, 0.05) is 0 Å². The zero-order valence-corrected chi connectivity index (χ0v) is 11.9. The molecule has 0 aromatic rings. The predicted octanol–water partition coefficient (Wildman–Crippen LogP) is 5.63. The lowest BCUT2D eigenvalue weighted by molar-refractivity contribution is 0.572. The van der Waals surface area contributed by atoms with Crippen LogP contribution < -0.4 is 0 Å². The molecule has 80 valence electrons. The third kappa shape index (κ3) is 13.0. The van der Waals surface area contributed by atoms with Crippen molar-refractivity contribution in [2.45, 2.75) is 68.4 Å². The van der Waals surface area contributed by atoms with Crippen molar-refractivity contribution in [1.82, 2.24) is 0 Å². The molecule has 0 saturated carbocycles. The molecule has 0 unspecified atom stereocenters. The van der Waals surface area contributed by atoms with Crippen molar-refractivity contribution in [3.63, 3.8) is 0 Å². The van der Waals surface area contributed by atoms with Gasteiger partial charge < -0.3 is 0 Å². The second-order valence-electron chi connectivity index (χ2n) is 3.65. The Morgan fingerprint density at radius 3 is 1.69 bits per heavy atom. The van der Waals surface area contributed by atoms with E-state index in [1.165, 1.54) is 57.8 Å². The van der Waals surface area contributed by atoms with Crippen molar-refractivity contribution in [3.05, 3.63) is 0 Å². The lowest BCUT2D eigenvalue weighted by atomic mass is 10.1. The van der Waals surface area contributed by atoms with Gasteiger partial charge in [-0.1, -0.05) is 90.2 Å². The first kappa shape index (κ1) is 14.0. The predicted molar refractivity (Wildman–Crippen MR) is 68.9 cm³/mol. The minimum Gasteiger partial charge on any atom is -0.0765 e. The molecule has 0 amide bonds. The Labute approximate surface area is 100 Å². The third-order valence-electron chi connectivity index (χ3n) is 2.28. The van der Waals surface area contributed by atoms with Gasteiger partial charge in [0.2, 0.25) is 0 Å². The molecule has 0 nitrogen and oxygen atoms in total. The van der Waals surface area contributed by atoms with E-state index >= 15 is 0 Å². The molecular weight excluding hydrogens is 292 g/mol. The summed E-state index contributed by atoms with van der Waals surface area (Å²) in [7, 11) is 0. The van der Waals surface area contributed by atoms with Gasteiger partial charge in [-0.25, -0.2) is 0 Å². The van der Waals surface area contributed by atoms with Crippen LogP contribution in [-0.2, 0) is 0 Å². The second kappa shape index (κ2) is 11.0. The van der Waals surface area contributed by atoms with E-state index in [0.29, 0.717) is 3.74 Å². The summed E-state index contributed by atoms with van der Waals surface area (Å²) in [5.41, 5.74) is 0. The molecule has 0 aromatic carbocycles. The molecule has 0 aliphatic heterocycles. The molecule has 13 heavy (non-hydrogen) atoms. The van der Waals surface area contributed by atoms with Crippen molar-refractivity contribution < 1.29 is 0 Å². The quantitative estimate of drug-likeness (QED) is 0.382. The fourth-order valence-corrected chi connectivity index (χ4v) is 2.08. The number of hydrogen-bond donors (Lipinski definition) is 0. The van der Waals surface area contributed by atoms with Gasteiger partial charge in [-0.05, 0) is 6.42 Å². The van der Waals surface area contributed by atoms with Gasteiger partial charge in [-0.15, -0.1) is 0 Å². The summed E-state index contributed by atoms with van der Waals surface area (Å²) in [6.07, 6.45) is 12.5. The summed E-state index contributed by atoms with van der Waals surface area (Å²) in [4.78, 5) is 0. The Morgan fingerprint density at radius 2 is 1.23 bits per heavy atom. The highest BCUT2D eigenvalue weighted by atomic mass is 79.9. The first-order valence-electron chi connectivity index (χ1n) is 5.55. The summed E-state index contributed by atoms with van der Waals surface area (Å²) in [6, 6.07) is 0. The van der Waals surface area contributed by atoms with E-state index in [9.17, 15) is 0 Å². The van der Waals surface area contributed by atoms with E-state index < -0.39 is 0 Å². The van der Waals surface area contributed by atoms with Gasteiger partial charge in [0.15, 0.2) is 0 Å². The molecule has 0 aromatic heterocycles. The van der Waals surface area contributed by atoms with Crippen LogP contribution in [0.2, 0.25) is 0 Å². The van der Waals surface area contributed by atoms with Crippen LogP contribution in [0, 0.1) is 0 Å². The van der Waals surface area contributed by atoms with Crippen molar-refractivity contribution in [2.24, 2.45) is 0 Å². The maximum absolute atomic E-state index is 3.49. The Hall–Kier alpha value is 0.960. The van der Waals surface area contributed by atoms with Gasteiger partial charge in [0.05, 0.1) is 3.74 Å². The van der Waals surface area contributed by atoms with Crippen LogP contribution in [-0.4, -0.2) is 3.74 Å². The summed E-state index contributed by atoms with van der Waals surface area (Å²) in [5.74, 6) is 0. The second-order valence-corrected chi connectivity index (χ2v) is 7.09. The Balaban J connectivity index is 2.84. The van der Waals surface area contributed by atoms with Crippen molar-refractivity contribution in [2.75, 3.05) is 0 Å². The summed E-state index contributed by atoms with van der Waals surface area (Å²) in [6.45, 7) is 2.27. The topological polar surface area (TPSA) is 0 Å². The van der Waals surface area contributed by atoms with Crippen LogP contribution in [0.1, 0.15) is 64.7 Å². The maximum Gasteiger partial charge on any atom is 0.0697 e. The van der Waals surface area contributed by atoms with Gasteiger partial charge in [-0.2, -0.15) is 0 Å². The molecule has 0 spiro atoms. The number of alkyl halides is 2. The molecule has 0 N–H and O–H groups in total. The van der Waals surface area contributed by atoms with Crippen molar-refractivity contribution in [3.8, 4) is 0 Å². The molecule has 0 bridgehead atoms. The minimum atomic E-state index is 0.528. The van der Waals surface area contributed by atoms with Crippen LogP contribution in [0.5, 0.6) is 0 Å². The summed E-state index contributed by atoms with van der Waals surface area (Å²) in [5, 5.41) is 0. The lowest BCUT2D eigenvalue weighted by Gasteiger charge is -2.02. The average Bonchev–Trinajstić information content (AvgIpc) is 2.09. The molecule has 0 radical (unpaired) electrons. The molecule has 0 saturated heterocycles. The highest BCUT2D eigenvalue weighted by molar-refractivity contribution is 9.24. The van der Waals surface area contributed by atoms with E-state index in [1.54, 1.807) is 0 Å². The molecular formula is C11H22Br2. The normalized spacial score (nSPS) is 11.1. The Morgan fingerprint density at radius 1 is 0.769 bits per heavy atom. The highest BCUT2D eigenvalue weighted by Gasteiger charge is 1.96. The van der Waals surface area contributed by atoms with Crippen molar-refractivity contribution >= 4 is 31.9 Å². The number of hydrogen-bond acceptors (Lipinski definition) is 0. The SMILES string of the molecule is CCCCCCCCCCC(Br)Br. The van der Waals surface area contributed by atoms with E-state index in [1.807, 2.05) is 0 Å². The molecule has 0 aliphatic rings. The highest BCUT2D eigenvalue weighted by Crippen LogP contribution is 2.17. The fraction of sp³-hybridized carbons (Fsp3) is 1.00. The van der Waals surface area contributed by atoms with Gasteiger partial charge in [-0.3, -0.25) is 0 Å². The standard InChI is InChI=1S/C11H22Br2/c1-2-3-4-5-6-7-8-9-10-11(12)13/h11H,2-10H2,1H3. The van der Waals surface area contributed by atoms with E-state index in [4.69, 9.17) is 0 Å². The molecule has 2 heteroatoms. The number of halogens is 2. The minimum absolute atomic E-state index is 0.528. The molecule has 0 aliphatic carbocycles. The van der Waals surface area contributed by atoms with Crippen LogP contribution in [0.25, 0.3) is 0 Å². The average molecular weight is 314 g/mol. The monoisotopic (exact) mass is 312 g/mol. The number of rotatable bonds is 9.